The van der Waals surface area contributed by atoms with Crippen LogP contribution in [-0.4, -0.2) is 66.3 Å². The van der Waals surface area contributed by atoms with Gasteiger partial charge in [0.2, 0.25) is 0 Å². The zero-order valence-corrected chi connectivity index (χ0v) is 24.4. The Bertz CT molecular complexity index is 1220. The van der Waals surface area contributed by atoms with Crippen LogP contribution in [-0.2, 0) is 0 Å². The number of nitrogens with one attached hydrogen (secondary N) is 1. The zero-order valence-electron chi connectivity index (χ0n) is 20.4. The molecule has 5 rings (SSSR count). The minimum Gasteiger partial charge on any atom is -0.490 e. The van der Waals surface area contributed by atoms with Gasteiger partial charge < -0.3 is 14.7 Å². The molecule has 3 aromatic rings. The maximum absolute atomic E-state index is 13.1. The van der Waals surface area contributed by atoms with Gasteiger partial charge in [0.15, 0.2) is 5.13 Å². The molecule has 2 N–H and O–H groups in total. The Morgan fingerprint density at radius 1 is 1.19 bits per heavy atom. The second-order valence-electron chi connectivity index (χ2n) is 9.29. The summed E-state index contributed by atoms with van der Waals surface area (Å²) in [5.41, 5.74) is 1.36. The van der Waals surface area contributed by atoms with Crippen LogP contribution >= 0.6 is 50.2 Å². The number of nitrogens with zero attached hydrogens (tertiary/aromatic N) is 3. The number of piperazine rings is 1. The lowest BCUT2D eigenvalue weighted by Gasteiger charge is -2.41. The third kappa shape index (κ3) is 6.49. The highest BCUT2D eigenvalue weighted by atomic mass is 79.9. The Morgan fingerprint density at radius 2 is 1.97 bits per heavy atom. The van der Waals surface area contributed by atoms with Crippen LogP contribution in [0.3, 0.4) is 0 Å². The van der Waals surface area contributed by atoms with Crippen molar-refractivity contribution in [3.8, 4) is 16.3 Å². The van der Waals surface area contributed by atoms with E-state index in [1.165, 1.54) is 43.4 Å². The van der Waals surface area contributed by atoms with Gasteiger partial charge in [-0.05, 0) is 53.0 Å². The van der Waals surface area contributed by atoms with E-state index in [1.807, 2.05) is 11.4 Å². The van der Waals surface area contributed by atoms with Crippen LogP contribution in [0.5, 0.6) is 5.75 Å². The van der Waals surface area contributed by atoms with E-state index in [0.717, 1.165) is 47.8 Å². The molecule has 0 bridgehead atoms. The Kier molecular flexibility index (Phi) is 9.05. The van der Waals surface area contributed by atoms with Crippen LogP contribution in [0, 0.1) is 0 Å². The number of amides is 1. The number of rotatable bonds is 8. The van der Waals surface area contributed by atoms with E-state index in [0.29, 0.717) is 25.9 Å². The van der Waals surface area contributed by atoms with E-state index in [-0.39, 0.29) is 19.1 Å². The fourth-order valence-corrected chi connectivity index (χ4v) is 7.65. The van der Waals surface area contributed by atoms with Gasteiger partial charge in [-0.3, -0.25) is 15.0 Å². The number of aliphatic hydroxyl groups is 1. The second-order valence-corrected chi connectivity index (χ2v) is 12.5. The molecular weight excluding hydrogens is 596 g/mol. The number of thiazole rings is 1. The summed E-state index contributed by atoms with van der Waals surface area (Å²) in [7, 11) is 0. The number of anilines is 2. The van der Waals surface area contributed by atoms with Crippen LogP contribution < -0.4 is 15.0 Å². The minimum absolute atomic E-state index is 0.0749. The second kappa shape index (κ2) is 12.4. The molecule has 7 nitrogen and oxygen atoms in total. The number of carbonyl (C=O) groups excluding carboxylic acids is 1. The molecule has 2 fully saturated rings. The zero-order chi connectivity index (χ0) is 25.8. The molecule has 3 heterocycles. The van der Waals surface area contributed by atoms with Gasteiger partial charge in [0.1, 0.15) is 23.1 Å². The molecule has 0 atom stereocenters. The van der Waals surface area contributed by atoms with Gasteiger partial charge >= 0.3 is 0 Å². The van der Waals surface area contributed by atoms with Crippen LogP contribution in [0.2, 0.25) is 5.02 Å². The SMILES string of the molecule is O=C(Nc1nc(-c2cc(Cl)cs2)c(N2CCN(C3CCCCC3)CC2)s1)c1ccc(OCCO)c(Br)c1. The Labute approximate surface area is 238 Å². The molecule has 1 saturated heterocycles. The molecule has 1 aromatic carbocycles. The van der Waals surface area contributed by atoms with Crippen molar-refractivity contribution in [3.05, 3.63) is 44.7 Å². The Morgan fingerprint density at radius 3 is 2.65 bits per heavy atom. The molecule has 198 valence electrons. The first-order valence-corrected chi connectivity index (χ1v) is 15.5. The van der Waals surface area contributed by atoms with Gasteiger partial charge in [0.05, 0.1) is 21.0 Å². The lowest BCUT2D eigenvalue weighted by atomic mass is 9.94. The Balaban J connectivity index is 1.32. The minimum atomic E-state index is -0.243. The van der Waals surface area contributed by atoms with Crippen LogP contribution in [0.4, 0.5) is 10.1 Å². The molecule has 0 radical (unpaired) electrons. The third-order valence-electron chi connectivity index (χ3n) is 6.87. The van der Waals surface area contributed by atoms with Gasteiger partial charge in [-0.2, -0.15) is 0 Å². The number of halogens is 2. The first-order chi connectivity index (χ1) is 18.0. The largest absolute Gasteiger partial charge is 0.490 e. The van der Waals surface area contributed by atoms with Crippen LogP contribution in [0.15, 0.2) is 34.1 Å². The van der Waals surface area contributed by atoms with Gasteiger partial charge in [-0.1, -0.05) is 42.2 Å². The number of hydrogen-bond acceptors (Lipinski definition) is 8. The molecule has 0 spiro atoms. The lowest BCUT2D eigenvalue weighted by Crippen LogP contribution is -2.50. The lowest BCUT2D eigenvalue weighted by molar-refractivity contribution is 0.102. The third-order valence-corrected chi connectivity index (χ3v) is 9.80. The average Bonchev–Trinajstić information content (AvgIpc) is 3.54. The van der Waals surface area contributed by atoms with E-state index < -0.39 is 0 Å². The van der Waals surface area contributed by atoms with E-state index in [9.17, 15) is 4.79 Å². The van der Waals surface area contributed by atoms with Crippen molar-refractivity contribution in [1.29, 1.82) is 0 Å². The number of hydrogen-bond donors (Lipinski definition) is 2. The van der Waals surface area contributed by atoms with Crippen LogP contribution in [0.25, 0.3) is 10.6 Å². The summed E-state index contributed by atoms with van der Waals surface area (Å²) in [6.45, 7) is 4.10. The van der Waals surface area contributed by atoms with E-state index in [2.05, 4.69) is 31.0 Å². The first kappa shape index (κ1) is 26.9. The quantitative estimate of drug-likeness (QED) is 0.303. The molecular formula is C26H30BrClN4O3S2. The number of ether oxygens (including phenoxy) is 1. The average molecular weight is 626 g/mol. The van der Waals surface area contributed by atoms with Crippen molar-refractivity contribution in [2.24, 2.45) is 0 Å². The number of aromatic nitrogens is 1. The van der Waals surface area contributed by atoms with Gasteiger partial charge in [-0.25, -0.2) is 4.98 Å². The predicted molar refractivity (Wildman–Crippen MR) is 156 cm³/mol. The Hall–Kier alpha value is -1.69. The summed E-state index contributed by atoms with van der Waals surface area (Å²) in [5, 5.41) is 16.2. The highest BCUT2D eigenvalue weighted by Gasteiger charge is 2.28. The summed E-state index contributed by atoms with van der Waals surface area (Å²) >= 11 is 12.8. The molecule has 11 heteroatoms. The number of aliphatic hydroxyl groups excluding tert-OH is 1. The van der Waals surface area contributed by atoms with Crippen molar-refractivity contribution >= 4 is 66.2 Å². The fraction of sp³-hybridized carbons (Fsp3) is 0.462. The predicted octanol–water partition coefficient (Wildman–Crippen LogP) is 6.37. The summed E-state index contributed by atoms with van der Waals surface area (Å²) in [5.74, 6) is 0.332. The fourth-order valence-electron chi connectivity index (χ4n) is 5.00. The summed E-state index contributed by atoms with van der Waals surface area (Å²) in [6.07, 6.45) is 6.71. The normalized spacial score (nSPS) is 17.2. The highest BCUT2D eigenvalue weighted by molar-refractivity contribution is 9.10. The van der Waals surface area contributed by atoms with Gasteiger partial charge in [-0.15, -0.1) is 11.3 Å². The van der Waals surface area contributed by atoms with Gasteiger partial charge in [0, 0.05) is 43.2 Å². The summed E-state index contributed by atoms with van der Waals surface area (Å²) in [4.78, 5) is 24.0. The molecule has 2 aromatic heterocycles. The molecule has 1 saturated carbocycles. The first-order valence-electron chi connectivity index (χ1n) is 12.6. The maximum Gasteiger partial charge on any atom is 0.257 e. The molecule has 1 aliphatic heterocycles. The standard InChI is InChI=1S/C26H30BrClN4O3S2/c27-20-14-17(6-7-21(20)35-13-12-33)24(34)30-26-29-23(22-15-18(28)16-36-22)25(37-26)32-10-8-31(9-11-32)19-4-2-1-3-5-19/h6-7,14-16,19,33H,1-5,8-13H2,(H,29,30,34). The molecule has 1 aliphatic carbocycles. The van der Waals surface area contributed by atoms with Crippen molar-refractivity contribution in [3.63, 3.8) is 0 Å². The number of benzene rings is 1. The summed E-state index contributed by atoms with van der Waals surface area (Å²) < 4.78 is 6.12. The van der Waals surface area contributed by atoms with Crippen molar-refractivity contribution < 1.29 is 14.6 Å². The van der Waals surface area contributed by atoms with Crippen molar-refractivity contribution in [2.45, 2.75) is 38.1 Å². The topological polar surface area (TPSA) is 77.9 Å². The smallest absolute Gasteiger partial charge is 0.257 e. The van der Waals surface area contributed by atoms with E-state index >= 15 is 0 Å². The van der Waals surface area contributed by atoms with Crippen LogP contribution in [0.1, 0.15) is 42.5 Å². The van der Waals surface area contributed by atoms with Gasteiger partial charge in [0.25, 0.3) is 5.91 Å². The highest BCUT2D eigenvalue weighted by Crippen LogP contribution is 2.42. The van der Waals surface area contributed by atoms with Crippen molar-refractivity contribution in [2.75, 3.05) is 49.6 Å². The molecule has 37 heavy (non-hydrogen) atoms. The maximum atomic E-state index is 13.1. The molecule has 0 unspecified atom stereocenters. The van der Waals surface area contributed by atoms with E-state index in [4.69, 9.17) is 26.4 Å². The molecule has 1 amide bonds. The monoisotopic (exact) mass is 624 g/mol. The number of thiophene rings is 1. The summed E-state index contributed by atoms with van der Waals surface area (Å²) in [6, 6.07) is 7.79. The van der Waals surface area contributed by atoms with Crippen molar-refractivity contribution in [1.82, 2.24) is 9.88 Å². The van der Waals surface area contributed by atoms with E-state index in [1.54, 1.807) is 29.5 Å². The molecule has 2 aliphatic rings. The number of carbonyl (C=O) groups is 1.